The van der Waals surface area contributed by atoms with Gasteiger partial charge in [-0.3, -0.25) is 4.79 Å². The lowest BCUT2D eigenvalue weighted by Crippen LogP contribution is -2.08. The molecule has 2 aromatic rings. The van der Waals surface area contributed by atoms with E-state index in [9.17, 15) is 14.7 Å². The van der Waals surface area contributed by atoms with E-state index in [4.69, 9.17) is 4.74 Å². The maximum Gasteiger partial charge on any atom is 0.345 e. The van der Waals surface area contributed by atoms with Crippen molar-refractivity contribution in [3.63, 3.8) is 0 Å². The molecule has 0 radical (unpaired) electrons. The first-order valence-electron chi connectivity index (χ1n) is 6.66. The Balaban J connectivity index is 2.36. The van der Waals surface area contributed by atoms with Gasteiger partial charge in [0.25, 0.3) is 0 Å². The molecule has 0 aliphatic carbocycles. The Kier molecular flexibility index (Phi) is 4.78. The summed E-state index contributed by atoms with van der Waals surface area (Å²) in [5.74, 6) is -1.37. The van der Waals surface area contributed by atoms with Crippen LogP contribution in [0.25, 0.3) is 0 Å². The fourth-order valence-electron chi connectivity index (χ4n) is 2.01. The summed E-state index contributed by atoms with van der Waals surface area (Å²) < 4.78 is 10.2. The molecule has 0 bridgehead atoms. The molecule has 0 heterocycles. The molecule has 0 saturated heterocycles. The highest BCUT2D eigenvalue weighted by Crippen LogP contribution is 2.32. The van der Waals surface area contributed by atoms with Crippen LogP contribution in [-0.2, 0) is 11.3 Å². The van der Waals surface area contributed by atoms with Gasteiger partial charge in [-0.1, -0.05) is 30.3 Å². The van der Waals surface area contributed by atoms with Crippen molar-refractivity contribution < 1.29 is 24.2 Å². The Morgan fingerprint density at radius 2 is 1.77 bits per heavy atom. The predicted octanol–water partition coefficient (Wildman–Crippen LogP) is 2.96. The van der Waals surface area contributed by atoms with Gasteiger partial charge in [0.1, 0.15) is 23.7 Å². The molecule has 0 amide bonds. The molecule has 0 unspecified atom stereocenters. The van der Waals surface area contributed by atoms with Crippen molar-refractivity contribution in [2.24, 2.45) is 0 Å². The molecule has 114 valence electrons. The van der Waals surface area contributed by atoms with Gasteiger partial charge in [0, 0.05) is 0 Å². The van der Waals surface area contributed by atoms with Gasteiger partial charge < -0.3 is 14.6 Å². The molecule has 0 fully saturated rings. The third-order valence-corrected chi connectivity index (χ3v) is 3.15. The average Bonchev–Trinajstić information content (AvgIpc) is 2.52. The number of methoxy groups -OCH3 is 1. The van der Waals surface area contributed by atoms with E-state index in [1.54, 1.807) is 0 Å². The summed E-state index contributed by atoms with van der Waals surface area (Å²) in [6, 6.07) is 12.3. The molecule has 0 saturated carbocycles. The summed E-state index contributed by atoms with van der Waals surface area (Å²) in [5.41, 5.74) is 0.812. The first kappa shape index (κ1) is 15.6. The Hall–Kier alpha value is -2.82. The number of rotatable bonds is 5. The van der Waals surface area contributed by atoms with E-state index in [2.05, 4.69) is 4.74 Å². The minimum absolute atomic E-state index is 0.0486. The van der Waals surface area contributed by atoms with Gasteiger partial charge in [0.15, 0.2) is 5.78 Å². The molecule has 2 aromatic carbocycles. The van der Waals surface area contributed by atoms with E-state index in [-0.39, 0.29) is 29.3 Å². The van der Waals surface area contributed by atoms with E-state index >= 15 is 0 Å². The van der Waals surface area contributed by atoms with Crippen molar-refractivity contribution in [1.29, 1.82) is 0 Å². The number of carbonyl (C=O) groups is 2. The van der Waals surface area contributed by atoms with Crippen molar-refractivity contribution in [2.45, 2.75) is 13.5 Å². The lowest BCUT2D eigenvalue weighted by molar-refractivity contribution is 0.0592. The summed E-state index contributed by atoms with van der Waals surface area (Å²) in [6.45, 7) is 1.53. The van der Waals surface area contributed by atoms with E-state index < -0.39 is 11.7 Å². The number of hydrogen-bond acceptors (Lipinski definition) is 5. The number of aromatic hydroxyl groups is 1. The molecule has 2 rings (SSSR count). The van der Waals surface area contributed by atoms with Crippen LogP contribution in [0.2, 0.25) is 0 Å². The van der Waals surface area contributed by atoms with Gasteiger partial charge in [-0.25, -0.2) is 4.79 Å². The van der Waals surface area contributed by atoms with Crippen molar-refractivity contribution in [3.8, 4) is 11.5 Å². The van der Waals surface area contributed by atoms with Crippen LogP contribution < -0.4 is 4.74 Å². The van der Waals surface area contributed by atoms with Crippen molar-refractivity contribution in [2.75, 3.05) is 7.11 Å². The predicted molar refractivity (Wildman–Crippen MR) is 80.2 cm³/mol. The Bertz CT molecular complexity index is 692. The van der Waals surface area contributed by atoms with Gasteiger partial charge in [0.2, 0.25) is 0 Å². The van der Waals surface area contributed by atoms with Gasteiger partial charge in [-0.15, -0.1) is 0 Å². The molecule has 1 N–H and O–H groups in total. The fraction of sp³-hybridized carbons (Fsp3) is 0.176. The van der Waals surface area contributed by atoms with Crippen LogP contribution in [0.15, 0.2) is 42.5 Å². The van der Waals surface area contributed by atoms with E-state index in [0.717, 1.165) is 5.56 Å². The van der Waals surface area contributed by atoms with E-state index in [0.29, 0.717) is 0 Å². The maximum atomic E-state index is 11.9. The number of esters is 1. The summed E-state index contributed by atoms with van der Waals surface area (Å²) >= 11 is 0. The molecule has 0 aliphatic heterocycles. The SMILES string of the molecule is COC(=O)c1c(OCc2ccccc2)ccc(C(C)=O)c1O. The van der Waals surface area contributed by atoms with Crippen molar-refractivity contribution in [1.82, 2.24) is 0 Å². The third-order valence-electron chi connectivity index (χ3n) is 3.15. The largest absolute Gasteiger partial charge is 0.506 e. The van der Waals surface area contributed by atoms with Crippen molar-refractivity contribution in [3.05, 3.63) is 59.2 Å². The molecule has 0 aliphatic rings. The molecule has 0 aromatic heterocycles. The number of hydrogen-bond donors (Lipinski definition) is 1. The number of phenolic OH excluding ortho intramolecular Hbond substituents is 1. The molecular weight excluding hydrogens is 284 g/mol. The van der Waals surface area contributed by atoms with Crippen LogP contribution in [0.3, 0.4) is 0 Å². The summed E-state index contributed by atoms with van der Waals surface area (Å²) in [5, 5.41) is 10.1. The summed E-state index contributed by atoms with van der Waals surface area (Å²) in [4.78, 5) is 23.3. The number of carbonyl (C=O) groups excluding carboxylic acids is 2. The highest BCUT2D eigenvalue weighted by Gasteiger charge is 2.23. The first-order chi connectivity index (χ1) is 10.5. The van der Waals surface area contributed by atoms with Gasteiger partial charge in [0.05, 0.1) is 12.7 Å². The Morgan fingerprint density at radius 1 is 1.09 bits per heavy atom. The van der Waals surface area contributed by atoms with Gasteiger partial charge >= 0.3 is 5.97 Å². The van der Waals surface area contributed by atoms with Crippen LogP contribution in [0, 0.1) is 0 Å². The monoisotopic (exact) mass is 300 g/mol. The standard InChI is InChI=1S/C17H16O5/c1-11(18)13-8-9-14(15(16(13)19)17(20)21-2)22-10-12-6-4-3-5-7-12/h3-9,19H,10H2,1-2H3. The number of phenols is 1. The van der Waals surface area contributed by atoms with Crippen LogP contribution in [0.5, 0.6) is 11.5 Å². The lowest BCUT2D eigenvalue weighted by atomic mass is 10.0. The molecule has 5 nitrogen and oxygen atoms in total. The summed E-state index contributed by atoms with van der Waals surface area (Å²) in [6.07, 6.45) is 0. The fourth-order valence-corrected chi connectivity index (χ4v) is 2.01. The zero-order valence-electron chi connectivity index (χ0n) is 12.3. The normalized spacial score (nSPS) is 10.1. The molecule has 22 heavy (non-hydrogen) atoms. The van der Waals surface area contributed by atoms with E-state index in [1.165, 1.54) is 26.2 Å². The number of ether oxygens (including phenoxy) is 2. The topological polar surface area (TPSA) is 72.8 Å². The first-order valence-corrected chi connectivity index (χ1v) is 6.66. The third kappa shape index (κ3) is 3.25. The van der Waals surface area contributed by atoms with Crippen LogP contribution in [-0.4, -0.2) is 24.0 Å². The minimum Gasteiger partial charge on any atom is -0.506 e. The van der Waals surface area contributed by atoms with Crippen molar-refractivity contribution >= 4 is 11.8 Å². The second-order valence-corrected chi connectivity index (χ2v) is 4.66. The number of Topliss-reactive ketones (excluding diaryl/α,β-unsaturated/α-hetero) is 1. The van der Waals surface area contributed by atoms with E-state index in [1.807, 2.05) is 30.3 Å². The number of ketones is 1. The smallest absolute Gasteiger partial charge is 0.345 e. The quantitative estimate of drug-likeness (QED) is 0.679. The Labute approximate surface area is 128 Å². The van der Waals surface area contributed by atoms with Crippen LogP contribution >= 0.6 is 0 Å². The molecule has 0 spiro atoms. The van der Waals surface area contributed by atoms with Gasteiger partial charge in [-0.2, -0.15) is 0 Å². The average molecular weight is 300 g/mol. The van der Waals surface area contributed by atoms with Crippen LogP contribution in [0.1, 0.15) is 33.2 Å². The highest BCUT2D eigenvalue weighted by molar-refractivity contribution is 6.03. The van der Waals surface area contributed by atoms with Crippen LogP contribution in [0.4, 0.5) is 0 Å². The number of benzene rings is 2. The molecular formula is C17H16O5. The van der Waals surface area contributed by atoms with Gasteiger partial charge in [-0.05, 0) is 24.6 Å². The lowest BCUT2D eigenvalue weighted by Gasteiger charge is -2.13. The Morgan fingerprint density at radius 3 is 2.36 bits per heavy atom. The second kappa shape index (κ2) is 6.76. The zero-order chi connectivity index (χ0) is 16.1. The maximum absolute atomic E-state index is 11.9. The molecule has 5 heteroatoms. The minimum atomic E-state index is -0.760. The zero-order valence-corrected chi connectivity index (χ0v) is 12.3. The summed E-state index contributed by atoms with van der Waals surface area (Å²) in [7, 11) is 1.20. The molecule has 0 atom stereocenters. The second-order valence-electron chi connectivity index (χ2n) is 4.66. The highest BCUT2D eigenvalue weighted by atomic mass is 16.5.